The first-order chi connectivity index (χ1) is 12.4. The zero-order valence-electron chi connectivity index (χ0n) is 13.3. The van der Waals surface area contributed by atoms with E-state index in [4.69, 9.17) is 10.2 Å². The molecular formula is C11H9F15O3. The Morgan fingerprint density at radius 3 is 1.24 bits per heavy atom. The van der Waals surface area contributed by atoms with Crippen LogP contribution in [0, 0.1) is 0 Å². The molecule has 0 saturated heterocycles. The molecule has 0 saturated carbocycles. The van der Waals surface area contributed by atoms with Gasteiger partial charge in [0.1, 0.15) is 6.10 Å². The van der Waals surface area contributed by atoms with Crippen LogP contribution in [0.25, 0.3) is 0 Å². The smallest absolute Gasteiger partial charge is 0.388 e. The number of hydrogen-bond acceptors (Lipinski definition) is 3. The summed E-state index contributed by atoms with van der Waals surface area (Å²) in [4.78, 5) is 0. The average molecular weight is 474 g/mol. The van der Waals surface area contributed by atoms with Gasteiger partial charge in [0.2, 0.25) is 0 Å². The summed E-state index contributed by atoms with van der Waals surface area (Å²) in [5.74, 6) is -31.3. The first-order valence-corrected chi connectivity index (χ1v) is 6.59. The van der Waals surface area contributed by atoms with Crippen molar-refractivity contribution >= 4 is 0 Å². The summed E-state index contributed by atoms with van der Waals surface area (Å²) in [5, 5.41) is 17.6. The van der Waals surface area contributed by atoms with Crippen molar-refractivity contribution in [3.05, 3.63) is 0 Å². The lowest BCUT2D eigenvalue weighted by Crippen LogP contribution is -2.75. The van der Waals surface area contributed by atoms with Crippen LogP contribution in [0.15, 0.2) is 0 Å². The van der Waals surface area contributed by atoms with Crippen molar-refractivity contribution in [1.29, 1.82) is 0 Å². The fraction of sp³-hybridized carbons (Fsp3) is 1.00. The lowest BCUT2D eigenvalue weighted by molar-refractivity contribution is -0.458. The highest BCUT2D eigenvalue weighted by Crippen LogP contribution is 2.64. The van der Waals surface area contributed by atoms with Crippen molar-refractivity contribution in [3.8, 4) is 0 Å². The molecule has 0 radical (unpaired) electrons. The Hall–Kier alpha value is -1.17. The molecule has 0 heterocycles. The summed E-state index contributed by atoms with van der Waals surface area (Å²) in [7, 11) is 0.428. The van der Waals surface area contributed by atoms with E-state index < -0.39 is 60.5 Å². The summed E-state index contributed by atoms with van der Waals surface area (Å²) in [6.07, 6.45) is -25.2. The number of aliphatic hydroxyl groups excluding tert-OH is 2. The molecule has 0 aromatic heterocycles. The van der Waals surface area contributed by atoms with Gasteiger partial charge >= 0.3 is 41.7 Å². The minimum atomic E-state index is -8.52. The van der Waals surface area contributed by atoms with Gasteiger partial charge in [-0.2, -0.15) is 61.5 Å². The van der Waals surface area contributed by atoms with E-state index in [1.807, 2.05) is 0 Å². The highest BCUT2D eigenvalue weighted by molar-refractivity contribution is 5.16. The fourth-order valence-electron chi connectivity index (χ4n) is 1.81. The van der Waals surface area contributed by atoms with Crippen LogP contribution in [-0.2, 0) is 4.74 Å². The maximum Gasteiger partial charge on any atom is 0.438 e. The molecule has 2 atom stereocenters. The minimum Gasteiger partial charge on any atom is -0.388 e. The molecule has 29 heavy (non-hydrogen) atoms. The molecular weight excluding hydrogens is 465 g/mol. The van der Waals surface area contributed by atoms with E-state index in [1.165, 1.54) is 0 Å². The van der Waals surface area contributed by atoms with E-state index in [0.29, 0.717) is 7.11 Å². The SMILES string of the molecule is COC(O)C(O)CC(F)(F)C(F)(F)C(F)(F)C(F)(F)C(F)(C(F)(F)F)C(F)(F)F. The van der Waals surface area contributed by atoms with Crippen LogP contribution in [0.4, 0.5) is 65.9 Å². The topological polar surface area (TPSA) is 49.7 Å². The third-order valence-corrected chi connectivity index (χ3v) is 3.50. The molecule has 18 heteroatoms. The normalized spacial score (nSPS) is 18.0. The van der Waals surface area contributed by atoms with E-state index >= 15 is 0 Å². The van der Waals surface area contributed by atoms with Gasteiger partial charge in [0.15, 0.2) is 6.29 Å². The van der Waals surface area contributed by atoms with E-state index in [2.05, 4.69) is 4.74 Å². The highest BCUT2D eigenvalue weighted by Gasteiger charge is 2.95. The zero-order chi connectivity index (χ0) is 24.1. The van der Waals surface area contributed by atoms with E-state index in [-0.39, 0.29) is 0 Å². The molecule has 2 N–H and O–H groups in total. The lowest BCUT2D eigenvalue weighted by atomic mass is 9.85. The number of halogens is 15. The van der Waals surface area contributed by atoms with Crippen LogP contribution in [0.3, 0.4) is 0 Å². The highest BCUT2D eigenvalue weighted by atomic mass is 19.4. The number of alkyl halides is 15. The number of aliphatic hydroxyl groups is 2. The maximum absolute atomic E-state index is 13.4. The molecule has 0 aliphatic carbocycles. The Bertz CT molecular complexity index is 553. The van der Waals surface area contributed by atoms with Gasteiger partial charge < -0.3 is 14.9 Å². The summed E-state index contributed by atoms with van der Waals surface area (Å²) in [5.41, 5.74) is -8.37. The number of methoxy groups -OCH3 is 1. The molecule has 0 amide bonds. The van der Waals surface area contributed by atoms with E-state index in [1.54, 1.807) is 0 Å². The van der Waals surface area contributed by atoms with Gasteiger partial charge in [0.25, 0.3) is 0 Å². The summed E-state index contributed by atoms with van der Waals surface area (Å²) < 4.78 is 197. The van der Waals surface area contributed by atoms with Crippen LogP contribution in [0.2, 0.25) is 0 Å². The maximum atomic E-state index is 13.4. The van der Waals surface area contributed by atoms with Gasteiger partial charge in [0, 0.05) is 13.5 Å². The molecule has 0 aromatic carbocycles. The molecule has 176 valence electrons. The number of ether oxygens (including phenoxy) is 1. The molecule has 0 fully saturated rings. The molecule has 0 aliphatic rings. The van der Waals surface area contributed by atoms with Crippen molar-refractivity contribution in [2.45, 2.75) is 60.5 Å². The van der Waals surface area contributed by atoms with Crippen molar-refractivity contribution in [1.82, 2.24) is 0 Å². The second kappa shape index (κ2) is 7.51. The first-order valence-electron chi connectivity index (χ1n) is 6.59. The van der Waals surface area contributed by atoms with Crippen LogP contribution in [0.1, 0.15) is 6.42 Å². The molecule has 2 unspecified atom stereocenters. The standard InChI is InChI=1S/C11H9F15O3/c1-29-4(28)3(27)2-5(12,13)7(15,16)9(19,20)8(17,18)6(14,10(21,22)23)11(24,25)26/h3-4,27-28H,2H2,1H3. The fourth-order valence-corrected chi connectivity index (χ4v) is 1.81. The Morgan fingerprint density at radius 1 is 0.621 bits per heavy atom. The zero-order valence-corrected chi connectivity index (χ0v) is 13.3. The van der Waals surface area contributed by atoms with Crippen molar-refractivity contribution in [2.24, 2.45) is 0 Å². The Labute approximate surface area is 150 Å². The van der Waals surface area contributed by atoms with Crippen LogP contribution in [0.5, 0.6) is 0 Å². The van der Waals surface area contributed by atoms with E-state index in [9.17, 15) is 65.9 Å². The predicted molar refractivity (Wildman–Crippen MR) is 59.4 cm³/mol. The summed E-state index contributed by atoms with van der Waals surface area (Å²) in [6.45, 7) is 0. The van der Waals surface area contributed by atoms with Gasteiger partial charge in [-0.05, 0) is 0 Å². The largest absolute Gasteiger partial charge is 0.438 e. The summed E-state index contributed by atoms with van der Waals surface area (Å²) in [6, 6.07) is 0. The number of rotatable bonds is 8. The second-order valence-corrected chi connectivity index (χ2v) is 5.48. The monoisotopic (exact) mass is 474 g/mol. The van der Waals surface area contributed by atoms with Gasteiger partial charge in [-0.1, -0.05) is 0 Å². The van der Waals surface area contributed by atoms with Gasteiger partial charge in [-0.3, -0.25) is 0 Å². The van der Waals surface area contributed by atoms with Crippen molar-refractivity contribution in [3.63, 3.8) is 0 Å². The summed E-state index contributed by atoms with van der Waals surface area (Å²) >= 11 is 0. The van der Waals surface area contributed by atoms with Crippen molar-refractivity contribution < 1.29 is 80.8 Å². The second-order valence-electron chi connectivity index (χ2n) is 5.48. The van der Waals surface area contributed by atoms with Crippen molar-refractivity contribution in [2.75, 3.05) is 7.11 Å². The average Bonchev–Trinajstić information content (AvgIpc) is 2.49. The third-order valence-electron chi connectivity index (χ3n) is 3.50. The van der Waals surface area contributed by atoms with E-state index in [0.717, 1.165) is 0 Å². The first kappa shape index (κ1) is 27.8. The molecule has 0 bridgehead atoms. The Kier molecular flexibility index (Phi) is 7.20. The molecule has 3 nitrogen and oxygen atoms in total. The number of hydrogen-bond donors (Lipinski definition) is 2. The Morgan fingerprint density at radius 2 is 0.966 bits per heavy atom. The van der Waals surface area contributed by atoms with Gasteiger partial charge in [0.05, 0.1) is 0 Å². The molecule has 0 spiro atoms. The quantitative estimate of drug-likeness (QED) is 0.412. The predicted octanol–water partition coefficient (Wildman–Crippen LogP) is 4.08. The molecule has 0 aromatic rings. The van der Waals surface area contributed by atoms with Crippen LogP contribution >= 0.6 is 0 Å². The van der Waals surface area contributed by atoms with Crippen LogP contribution in [-0.4, -0.2) is 71.4 Å². The van der Waals surface area contributed by atoms with Gasteiger partial charge in [-0.25, -0.2) is 4.39 Å². The lowest BCUT2D eigenvalue weighted by Gasteiger charge is -2.43. The third kappa shape index (κ3) is 4.06. The van der Waals surface area contributed by atoms with Gasteiger partial charge in [-0.15, -0.1) is 0 Å². The Balaban J connectivity index is 6.55. The van der Waals surface area contributed by atoms with Crippen LogP contribution < -0.4 is 0 Å². The minimum absolute atomic E-state index is 0.428. The molecule has 0 aliphatic heterocycles. The molecule has 0 rings (SSSR count).